The number of hydrogen-bond donors (Lipinski definition) is 2. The number of hydrogen-bond acceptors (Lipinski definition) is 4. The van der Waals surface area contributed by atoms with Gasteiger partial charge < -0.3 is 5.73 Å². The molecule has 1 aromatic heterocycles. The first kappa shape index (κ1) is 13.4. The molecule has 0 radical (unpaired) electrons. The standard InChI is InChI=1S/C11H20N4O2S/c1-2-15-8-10(11(12)13-15)18(16,17)14-9-6-4-3-5-7-9/h8-9,14H,2-7H2,1H3,(H2,12,13). The molecule has 18 heavy (non-hydrogen) atoms. The van der Waals surface area contributed by atoms with Crippen LogP contribution in [-0.4, -0.2) is 24.2 Å². The molecule has 6 nitrogen and oxygen atoms in total. The highest BCUT2D eigenvalue weighted by molar-refractivity contribution is 7.89. The van der Waals surface area contributed by atoms with Gasteiger partial charge in [-0.05, 0) is 19.8 Å². The summed E-state index contributed by atoms with van der Waals surface area (Å²) in [5.74, 6) is 0.0696. The number of nitrogens with two attached hydrogens (primary N) is 1. The third-order valence-electron chi connectivity index (χ3n) is 3.30. The van der Waals surface area contributed by atoms with Crippen LogP contribution < -0.4 is 10.5 Å². The van der Waals surface area contributed by atoms with E-state index in [-0.39, 0.29) is 16.8 Å². The summed E-state index contributed by atoms with van der Waals surface area (Å²) in [7, 11) is -3.54. The van der Waals surface area contributed by atoms with E-state index in [0.29, 0.717) is 6.54 Å². The van der Waals surface area contributed by atoms with Gasteiger partial charge in [0.15, 0.2) is 5.82 Å². The van der Waals surface area contributed by atoms with Crippen LogP contribution in [0.1, 0.15) is 39.0 Å². The molecule has 0 atom stereocenters. The second-order valence-corrected chi connectivity index (χ2v) is 6.37. The Bertz CT molecular complexity index is 503. The van der Waals surface area contributed by atoms with Gasteiger partial charge in [-0.15, -0.1) is 0 Å². The molecule has 102 valence electrons. The normalized spacial score (nSPS) is 18.1. The molecule has 1 heterocycles. The minimum atomic E-state index is -3.54. The maximum absolute atomic E-state index is 12.2. The second-order valence-electron chi connectivity index (χ2n) is 4.69. The number of sulfonamides is 1. The largest absolute Gasteiger partial charge is 0.381 e. The van der Waals surface area contributed by atoms with Gasteiger partial charge in [0.25, 0.3) is 0 Å². The molecule has 2 rings (SSSR count). The second kappa shape index (κ2) is 5.27. The average molecular weight is 272 g/mol. The lowest BCUT2D eigenvalue weighted by atomic mass is 9.96. The maximum Gasteiger partial charge on any atom is 0.246 e. The molecule has 0 amide bonds. The van der Waals surface area contributed by atoms with Crippen LogP contribution in [0.2, 0.25) is 0 Å². The van der Waals surface area contributed by atoms with Crippen molar-refractivity contribution in [2.45, 2.75) is 56.5 Å². The van der Waals surface area contributed by atoms with Gasteiger partial charge in [-0.25, -0.2) is 13.1 Å². The third-order valence-corrected chi connectivity index (χ3v) is 4.83. The Hall–Kier alpha value is -1.08. The zero-order chi connectivity index (χ0) is 13.2. The number of anilines is 1. The Kier molecular flexibility index (Phi) is 3.91. The fraction of sp³-hybridized carbons (Fsp3) is 0.727. The lowest BCUT2D eigenvalue weighted by molar-refractivity contribution is 0.412. The van der Waals surface area contributed by atoms with Crippen molar-refractivity contribution in [1.82, 2.24) is 14.5 Å². The number of nitrogens with one attached hydrogen (secondary N) is 1. The Morgan fingerprint density at radius 1 is 1.44 bits per heavy atom. The van der Waals surface area contributed by atoms with Gasteiger partial charge in [-0.2, -0.15) is 5.10 Å². The Balaban J connectivity index is 2.16. The summed E-state index contributed by atoms with van der Waals surface area (Å²) in [4.78, 5) is 0.0925. The number of aryl methyl sites for hydroxylation is 1. The van der Waals surface area contributed by atoms with Crippen molar-refractivity contribution in [3.05, 3.63) is 6.20 Å². The van der Waals surface area contributed by atoms with Gasteiger partial charge >= 0.3 is 0 Å². The third kappa shape index (κ3) is 2.84. The molecule has 0 saturated heterocycles. The predicted octanol–water partition coefficient (Wildman–Crippen LogP) is 1.10. The number of nitrogens with zero attached hydrogens (tertiary/aromatic N) is 2. The summed E-state index contributed by atoms with van der Waals surface area (Å²) in [5, 5.41) is 3.96. The molecule has 1 saturated carbocycles. The van der Waals surface area contributed by atoms with Crippen molar-refractivity contribution in [2.75, 3.05) is 5.73 Å². The van der Waals surface area contributed by atoms with Crippen molar-refractivity contribution >= 4 is 15.8 Å². The van der Waals surface area contributed by atoms with Gasteiger partial charge in [-0.3, -0.25) is 4.68 Å². The summed E-state index contributed by atoms with van der Waals surface area (Å²) in [6.45, 7) is 2.49. The van der Waals surface area contributed by atoms with Crippen molar-refractivity contribution < 1.29 is 8.42 Å². The van der Waals surface area contributed by atoms with Crippen LogP contribution in [0, 0.1) is 0 Å². The van der Waals surface area contributed by atoms with E-state index in [9.17, 15) is 8.42 Å². The van der Waals surface area contributed by atoms with Gasteiger partial charge in [0.2, 0.25) is 10.0 Å². The van der Waals surface area contributed by atoms with Crippen LogP contribution in [0.4, 0.5) is 5.82 Å². The monoisotopic (exact) mass is 272 g/mol. The van der Waals surface area contributed by atoms with Crippen LogP contribution >= 0.6 is 0 Å². The molecule has 3 N–H and O–H groups in total. The molecule has 0 bridgehead atoms. The first-order valence-corrected chi connectivity index (χ1v) is 7.86. The molecule has 1 fully saturated rings. The number of nitrogen functional groups attached to an aromatic ring is 1. The SMILES string of the molecule is CCn1cc(S(=O)(=O)NC2CCCCC2)c(N)n1. The highest BCUT2D eigenvalue weighted by Gasteiger charge is 2.25. The average Bonchev–Trinajstić information content (AvgIpc) is 2.72. The highest BCUT2D eigenvalue weighted by atomic mass is 32.2. The van der Waals surface area contributed by atoms with Crippen LogP contribution in [0.5, 0.6) is 0 Å². The van der Waals surface area contributed by atoms with Crippen molar-refractivity contribution in [2.24, 2.45) is 0 Å². The fourth-order valence-corrected chi connectivity index (χ4v) is 3.67. The number of rotatable bonds is 4. The Labute approximate surface area is 108 Å². The minimum Gasteiger partial charge on any atom is -0.381 e. The van der Waals surface area contributed by atoms with Gasteiger partial charge in [-0.1, -0.05) is 19.3 Å². The van der Waals surface area contributed by atoms with Crippen molar-refractivity contribution in [3.63, 3.8) is 0 Å². The summed E-state index contributed by atoms with van der Waals surface area (Å²) >= 11 is 0. The van der Waals surface area contributed by atoms with E-state index in [1.807, 2.05) is 6.92 Å². The lowest BCUT2D eigenvalue weighted by Gasteiger charge is -2.22. The predicted molar refractivity (Wildman–Crippen MR) is 69.5 cm³/mol. The van der Waals surface area contributed by atoms with Crippen molar-refractivity contribution in [3.8, 4) is 0 Å². The van der Waals surface area contributed by atoms with Gasteiger partial charge in [0.05, 0.1) is 0 Å². The van der Waals surface area contributed by atoms with E-state index in [4.69, 9.17) is 5.73 Å². The van der Waals surface area contributed by atoms with Crippen LogP contribution in [0.15, 0.2) is 11.1 Å². The zero-order valence-electron chi connectivity index (χ0n) is 10.6. The van der Waals surface area contributed by atoms with Crippen LogP contribution in [0.25, 0.3) is 0 Å². The molecule has 0 spiro atoms. The molecule has 0 aromatic carbocycles. The maximum atomic E-state index is 12.2. The first-order chi connectivity index (χ1) is 8.53. The van der Waals surface area contributed by atoms with E-state index in [1.54, 1.807) is 0 Å². The quantitative estimate of drug-likeness (QED) is 0.858. The minimum absolute atomic E-state index is 0.0353. The molecule has 1 aliphatic carbocycles. The molecule has 7 heteroatoms. The smallest absolute Gasteiger partial charge is 0.246 e. The van der Waals surface area contributed by atoms with E-state index in [2.05, 4.69) is 9.82 Å². The van der Waals surface area contributed by atoms with E-state index < -0.39 is 10.0 Å². The van der Waals surface area contributed by atoms with Crippen LogP contribution in [0.3, 0.4) is 0 Å². The summed E-state index contributed by atoms with van der Waals surface area (Å²) in [6, 6.07) is 0.0353. The first-order valence-electron chi connectivity index (χ1n) is 6.38. The topological polar surface area (TPSA) is 90.0 Å². The Morgan fingerprint density at radius 2 is 2.11 bits per heavy atom. The fourth-order valence-electron chi connectivity index (χ4n) is 2.29. The van der Waals surface area contributed by atoms with Crippen molar-refractivity contribution in [1.29, 1.82) is 0 Å². The molecule has 1 aliphatic rings. The molecule has 0 aliphatic heterocycles. The Morgan fingerprint density at radius 3 is 2.67 bits per heavy atom. The highest BCUT2D eigenvalue weighted by Crippen LogP contribution is 2.21. The molecular weight excluding hydrogens is 252 g/mol. The van der Waals surface area contributed by atoms with Gasteiger partial charge in [0, 0.05) is 18.8 Å². The summed E-state index contributed by atoms with van der Waals surface area (Å²) < 4.78 is 28.7. The lowest BCUT2D eigenvalue weighted by Crippen LogP contribution is -2.36. The zero-order valence-corrected chi connectivity index (χ0v) is 11.4. The summed E-state index contributed by atoms with van der Waals surface area (Å²) in [5.41, 5.74) is 5.66. The van der Waals surface area contributed by atoms with E-state index >= 15 is 0 Å². The van der Waals surface area contributed by atoms with E-state index in [0.717, 1.165) is 25.7 Å². The number of aromatic nitrogens is 2. The molecule has 1 aromatic rings. The van der Waals surface area contributed by atoms with Crippen LogP contribution in [-0.2, 0) is 16.6 Å². The van der Waals surface area contributed by atoms with Gasteiger partial charge in [0.1, 0.15) is 4.90 Å². The molecular formula is C11H20N4O2S. The molecule has 0 unspecified atom stereocenters. The van der Waals surface area contributed by atoms with E-state index in [1.165, 1.54) is 17.3 Å². The summed E-state index contributed by atoms with van der Waals surface area (Å²) in [6.07, 6.45) is 6.64.